The van der Waals surface area contributed by atoms with Crippen molar-refractivity contribution in [3.05, 3.63) is 47.5 Å². The van der Waals surface area contributed by atoms with Crippen molar-refractivity contribution in [3.63, 3.8) is 0 Å². The molecular weight excluding hydrogens is 336 g/mol. The minimum atomic E-state index is 0.609. The van der Waals surface area contributed by atoms with Crippen LogP contribution in [-0.2, 0) is 0 Å². The van der Waals surface area contributed by atoms with Gasteiger partial charge in [-0.2, -0.15) is 0 Å². The second kappa shape index (κ2) is 8.08. The lowest BCUT2D eigenvalue weighted by Gasteiger charge is -2.14. The summed E-state index contributed by atoms with van der Waals surface area (Å²) in [5, 5.41) is 13.4. The molecule has 0 unspecified atom stereocenters. The predicted octanol–water partition coefficient (Wildman–Crippen LogP) is 3.80. The summed E-state index contributed by atoms with van der Waals surface area (Å²) < 4.78 is 0. The highest BCUT2D eigenvalue weighted by atomic mass is 32.1. The maximum Gasteiger partial charge on any atom is 0.170 e. The lowest BCUT2D eigenvalue weighted by Crippen LogP contribution is -2.24. The quantitative estimate of drug-likeness (QED) is 0.626. The minimum absolute atomic E-state index is 0.609. The van der Waals surface area contributed by atoms with Gasteiger partial charge in [0.1, 0.15) is 0 Å². The van der Waals surface area contributed by atoms with Crippen molar-refractivity contribution >= 4 is 46.0 Å². The number of nitrogens with one attached hydrogen (secondary N) is 4. The van der Waals surface area contributed by atoms with E-state index in [1.807, 2.05) is 12.1 Å². The molecule has 0 fully saturated rings. The van der Waals surface area contributed by atoms with Gasteiger partial charge in [-0.05, 0) is 84.8 Å². The van der Waals surface area contributed by atoms with Crippen LogP contribution in [0.15, 0.2) is 36.4 Å². The molecule has 0 saturated carbocycles. The van der Waals surface area contributed by atoms with E-state index in [9.17, 15) is 0 Å². The first-order chi connectivity index (χ1) is 11.4. The Balaban J connectivity index is 2.25. The van der Waals surface area contributed by atoms with Crippen LogP contribution in [0.3, 0.4) is 0 Å². The molecule has 0 spiro atoms. The average Bonchev–Trinajstić information content (AvgIpc) is 2.58. The Morgan fingerprint density at radius 1 is 0.708 bits per heavy atom. The molecule has 2 aromatic rings. The van der Waals surface area contributed by atoms with E-state index in [1.165, 1.54) is 11.1 Å². The number of anilines is 2. The van der Waals surface area contributed by atoms with Crippen LogP contribution in [0.2, 0.25) is 0 Å². The van der Waals surface area contributed by atoms with E-state index in [-0.39, 0.29) is 0 Å². The molecule has 4 N–H and O–H groups in total. The second-order valence-corrected chi connectivity index (χ2v) is 6.28. The summed E-state index contributed by atoms with van der Waals surface area (Å²) in [7, 11) is 3.61. The van der Waals surface area contributed by atoms with Crippen molar-refractivity contribution in [3.8, 4) is 11.1 Å². The Hall–Kier alpha value is -2.18. The molecule has 4 nitrogen and oxygen atoms in total. The molecule has 24 heavy (non-hydrogen) atoms. The molecule has 0 aromatic heterocycles. The second-order valence-electron chi connectivity index (χ2n) is 5.47. The third-order valence-electron chi connectivity index (χ3n) is 3.74. The number of rotatable bonds is 3. The van der Waals surface area contributed by atoms with Crippen molar-refractivity contribution in [2.45, 2.75) is 13.8 Å². The highest BCUT2D eigenvalue weighted by Gasteiger charge is 2.06. The number of hydrogen-bond donors (Lipinski definition) is 4. The molecule has 126 valence electrons. The van der Waals surface area contributed by atoms with Crippen molar-refractivity contribution in [1.29, 1.82) is 0 Å². The first kappa shape index (κ1) is 18.2. The van der Waals surface area contributed by atoms with Crippen LogP contribution in [0.1, 0.15) is 11.1 Å². The normalized spacial score (nSPS) is 10.0. The fraction of sp³-hybridized carbons (Fsp3) is 0.222. The van der Waals surface area contributed by atoms with Crippen LogP contribution in [0.4, 0.5) is 11.4 Å². The molecule has 2 aromatic carbocycles. The molecule has 0 bridgehead atoms. The highest BCUT2D eigenvalue weighted by molar-refractivity contribution is 7.80. The van der Waals surface area contributed by atoms with Crippen molar-refractivity contribution in [2.75, 3.05) is 24.7 Å². The molecule has 2 rings (SSSR count). The third-order valence-corrected chi connectivity index (χ3v) is 4.35. The standard InChI is InChI=1S/C18H22N4S2/c1-11-9-13(5-7-15(11)21-17(23)19-3)14-6-8-16(12(2)10-14)22-18(24)20-4/h5-10H,1-4H3,(H2,19,21,23)(H2,20,22,24). The van der Waals surface area contributed by atoms with E-state index in [0.717, 1.165) is 22.5 Å². The summed E-state index contributed by atoms with van der Waals surface area (Å²) in [4.78, 5) is 0. The molecule has 0 aliphatic rings. The Kier molecular flexibility index (Phi) is 6.11. The van der Waals surface area contributed by atoms with E-state index in [0.29, 0.717) is 10.2 Å². The zero-order valence-corrected chi connectivity index (χ0v) is 15.9. The third kappa shape index (κ3) is 4.43. The van der Waals surface area contributed by atoms with Crippen molar-refractivity contribution in [1.82, 2.24) is 10.6 Å². The summed E-state index contributed by atoms with van der Waals surface area (Å²) >= 11 is 10.3. The first-order valence-corrected chi connectivity index (χ1v) is 8.45. The zero-order chi connectivity index (χ0) is 17.7. The fourth-order valence-electron chi connectivity index (χ4n) is 2.34. The molecule has 0 atom stereocenters. The summed E-state index contributed by atoms with van der Waals surface area (Å²) in [5.41, 5.74) is 6.63. The Bertz CT molecular complexity index is 706. The molecule has 0 saturated heterocycles. The van der Waals surface area contributed by atoms with E-state index >= 15 is 0 Å². The monoisotopic (exact) mass is 358 g/mol. The van der Waals surface area contributed by atoms with Gasteiger partial charge in [0.05, 0.1) is 0 Å². The Morgan fingerprint density at radius 2 is 1.08 bits per heavy atom. The van der Waals surface area contributed by atoms with Gasteiger partial charge in [-0.1, -0.05) is 12.1 Å². The topological polar surface area (TPSA) is 48.1 Å². The number of hydrogen-bond acceptors (Lipinski definition) is 2. The van der Waals surface area contributed by atoms with Gasteiger partial charge in [0.15, 0.2) is 10.2 Å². The van der Waals surface area contributed by atoms with E-state index in [4.69, 9.17) is 24.4 Å². The summed E-state index contributed by atoms with van der Waals surface area (Å²) in [6.07, 6.45) is 0. The maximum atomic E-state index is 5.15. The Morgan fingerprint density at radius 3 is 1.38 bits per heavy atom. The Labute approximate surface area is 154 Å². The van der Waals surface area contributed by atoms with Crippen molar-refractivity contribution < 1.29 is 0 Å². The molecular formula is C18H22N4S2. The first-order valence-electron chi connectivity index (χ1n) is 7.63. The summed E-state index contributed by atoms with van der Waals surface area (Å²) in [6, 6.07) is 12.6. The molecule has 0 amide bonds. The SMILES string of the molecule is CNC(=S)Nc1ccc(-c2ccc(NC(=S)NC)c(C)c2)cc1C. The molecule has 6 heteroatoms. The van der Waals surface area contributed by atoms with Gasteiger partial charge in [-0.3, -0.25) is 0 Å². The summed E-state index contributed by atoms with van der Waals surface area (Å²) in [6.45, 7) is 4.14. The lowest BCUT2D eigenvalue weighted by molar-refractivity contribution is 1.19. The lowest BCUT2D eigenvalue weighted by atomic mass is 10.00. The van der Waals surface area contributed by atoms with Crippen LogP contribution in [0, 0.1) is 13.8 Å². The van der Waals surface area contributed by atoms with Crippen LogP contribution in [0.25, 0.3) is 11.1 Å². The van der Waals surface area contributed by atoms with E-state index in [1.54, 1.807) is 14.1 Å². The van der Waals surface area contributed by atoms with E-state index < -0.39 is 0 Å². The minimum Gasteiger partial charge on any atom is -0.366 e. The van der Waals surface area contributed by atoms with Gasteiger partial charge in [0.2, 0.25) is 0 Å². The van der Waals surface area contributed by atoms with Crippen LogP contribution in [-0.4, -0.2) is 24.3 Å². The van der Waals surface area contributed by atoms with Gasteiger partial charge in [0, 0.05) is 25.5 Å². The largest absolute Gasteiger partial charge is 0.366 e. The predicted molar refractivity (Wildman–Crippen MR) is 112 cm³/mol. The molecule has 0 radical (unpaired) electrons. The maximum absolute atomic E-state index is 5.15. The smallest absolute Gasteiger partial charge is 0.170 e. The number of thiocarbonyl (C=S) groups is 2. The van der Waals surface area contributed by atoms with Gasteiger partial charge < -0.3 is 21.3 Å². The molecule has 0 aliphatic heterocycles. The van der Waals surface area contributed by atoms with E-state index in [2.05, 4.69) is 59.4 Å². The summed E-state index contributed by atoms with van der Waals surface area (Å²) in [5.74, 6) is 0. The molecule has 0 heterocycles. The number of benzene rings is 2. The van der Waals surface area contributed by atoms with Crippen LogP contribution >= 0.6 is 24.4 Å². The van der Waals surface area contributed by atoms with Crippen LogP contribution in [0.5, 0.6) is 0 Å². The highest BCUT2D eigenvalue weighted by Crippen LogP contribution is 2.28. The average molecular weight is 359 g/mol. The van der Waals surface area contributed by atoms with Gasteiger partial charge in [0.25, 0.3) is 0 Å². The molecule has 0 aliphatic carbocycles. The van der Waals surface area contributed by atoms with Gasteiger partial charge in [-0.15, -0.1) is 0 Å². The van der Waals surface area contributed by atoms with Crippen LogP contribution < -0.4 is 21.3 Å². The fourth-order valence-corrected chi connectivity index (χ4v) is 2.56. The zero-order valence-electron chi connectivity index (χ0n) is 14.3. The van der Waals surface area contributed by atoms with Crippen molar-refractivity contribution in [2.24, 2.45) is 0 Å². The van der Waals surface area contributed by atoms with Gasteiger partial charge >= 0.3 is 0 Å². The number of aryl methyl sites for hydroxylation is 2. The van der Waals surface area contributed by atoms with Gasteiger partial charge in [-0.25, -0.2) is 0 Å².